The molecule has 3 rings (SSSR count). The molecule has 2 aromatic heterocycles. The number of aryl methyl sites for hydroxylation is 1. The maximum atomic E-state index is 12.4. The van der Waals surface area contributed by atoms with Gasteiger partial charge in [0.15, 0.2) is 0 Å². The van der Waals surface area contributed by atoms with E-state index in [2.05, 4.69) is 31.7 Å². The first-order chi connectivity index (χ1) is 13.0. The molecule has 7 nitrogen and oxygen atoms in total. The fourth-order valence-electron chi connectivity index (χ4n) is 2.71. The van der Waals surface area contributed by atoms with Crippen molar-refractivity contribution in [3.05, 3.63) is 70.2 Å². The third kappa shape index (κ3) is 4.28. The largest absolute Gasteiger partial charge is 0.350 e. The van der Waals surface area contributed by atoms with Crippen molar-refractivity contribution < 1.29 is 9.59 Å². The van der Waals surface area contributed by atoms with Gasteiger partial charge in [0.05, 0.1) is 23.1 Å². The van der Waals surface area contributed by atoms with Crippen LogP contribution in [0.1, 0.15) is 26.5 Å². The summed E-state index contributed by atoms with van der Waals surface area (Å²) >= 11 is 3.40. The zero-order valence-electron chi connectivity index (χ0n) is 15.1. The maximum Gasteiger partial charge on any atom is 0.267 e. The molecule has 0 aliphatic heterocycles. The molecule has 0 aliphatic carbocycles. The first-order valence-electron chi connectivity index (χ1n) is 8.45. The minimum Gasteiger partial charge on any atom is -0.350 e. The number of amides is 2. The third-order valence-electron chi connectivity index (χ3n) is 4.20. The second-order valence-corrected chi connectivity index (χ2v) is 6.96. The van der Waals surface area contributed by atoms with Crippen molar-refractivity contribution in [2.75, 3.05) is 13.1 Å². The van der Waals surface area contributed by atoms with Crippen molar-refractivity contribution in [1.29, 1.82) is 0 Å². The van der Waals surface area contributed by atoms with Crippen LogP contribution in [0.2, 0.25) is 0 Å². The fraction of sp³-hybridized carbons (Fsp3) is 0.211. The minimum atomic E-state index is -0.219. The van der Waals surface area contributed by atoms with E-state index in [1.807, 2.05) is 50.5 Å². The topological polar surface area (TPSA) is 81.0 Å². The van der Waals surface area contributed by atoms with Gasteiger partial charge in [0.1, 0.15) is 5.69 Å². The fourth-order valence-corrected chi connectivity index (χ4v) is 2.97. The molecule has 0 saturated heterocycles. The van der Waals surface area contributed by atoms with Crippen molar-refractivity contribution >= 4 is 27.7 Å². The van der Waals surface area contributed by atoms with Gasteiger partial charge < -0.3 is 15.2 Å². The average molecular weight is 430 g/mol. The van der Waals surface area contributed by atoms with Gasteiger partial charge in [-0.05, 0) is 43.3 Å². The quantitative estimate of drug-likeness (QED) is 0.590. The van der Waals surface area contributed by atoms with Gasteiger partial charge >= 0.3 is 0 Å². The van der Waals surface area contributed by atoms with E-state index in [1.54, 1.807) is 21.5 Å². The SMILES string of the molecule is Cc1c(C(=O)NCCNC(=O)c2cccn2C)cnn1-c1ccc(Br)cc1. The van der Waals surface area contributed by atoms with Crippen molar-refractivity contribution in [3.63, 3.8) is 0 Å². The Labute approximate surface area is 165 Å². The monoisotopic (exact) mass is 429 g/mol. The molecular formula is C19H20BrN5O2. The number of rotatable bonds is 6. The second kappa shape index (κ2) is 8.22. The van der Waals surface area contributed by atoms with Crippen molar-refractivity contribution in [1.82, 2.24) is 25.0 Å². The van der Waals surface area contributed by atoms with Gasteiger partial charge in [-0.1, -0.05) is 15.9 Å². The number of hydrogen-bond acceptors (Lipinski definition) is 3. The lowest BCUT2D eigenvalue weighted by Crippen LogP contribution is -2.35. The molecule has 2 amide bonds. The van der Waals surface area contributed by atoms with Crippen LogP contribution < -0.4 is 10.6 Å². The number of carbonyl (C=O) groups excluding carboxylic acids is 2. The number of aromatic nitrogens is 3. The second-order valence-electron chi connectivity index (χ2n) is 6.05. The number of hydrogen-bond donors (Lipinski definition) is 2. The zero-order valence-corrected chi connectivity index (χ0v) is 16.7. The van der Waals surface area contributed by atoms with E-state index in [-0.39, 0.29) is 11.8 Å². The van der Waals surface area contributed by atoms with E-state index in [0.717, 1.165) is 15.9 Å². The van der Waals surface area contributed by atoms with Gasteiger partial charge in [0.2, 0.25) is 0 Å². The van der Waals surface area contributed by atoms with Crippen LogP contribution in [0.5, 0.6) is 0 Å². The van der Waals surface area contributed by atoms with E-state index < -0.39 is 0 Å². The maximum absolute atomic E-state index is 12.4. The highest BCUT2D eigenvalue weighted by molar-refractivity contribution is 9.10. The van der Waals surface area contributed by atoms with E-state index in [4.69, 9.17) is 0 Å². The summed E-state index contributed by atoms with van der Waals surface area (Å²) in [6.07, 6.45) is 3.36. The summed E-state index contributed by atoms with van der Waals surface area (Å²) in [4.78, 5) is 24.4. The first kappa shape index (κ1) is 18.9. The van der Waals surface area contributed by atoms with E-state index in [0.29, 0.717) is 24.3 Å². The van der Waals surface area contributed by atoms with E-state index in [9.17, 15) is 9.59 Å². The van der Waals surface area contributed by atoms with Gasteiger partial charge in [-0.25, -0.2) is 4.68 Å². The Balaban J connectivity index is 1.55. The number of nitrogens with zero attached hydrogens (tertiary/aromatic N) is 3. The van der Waals surface area contributed by atoms with Crippen LogP contribution in [0.4, 0.5) is 0 Å². The van der Waals surface area contributed by atoms with Gasteiger partial charge in [0, 0.05) is 30.8 Å². The van der Waals surface area contributed by atoms with Crippen molar-refractivity contribution in [3.8, 4) is 5.69 Å². The predicted molar refractivity (Wildman–Crippen MR) is 106 cm³/mol. The van der Waals surface area contributed by atoms with Crippen LogP contribution in [0, 0.1) is 6.92 Å². The highest BCUT2D eigenvalue weighted by atomic mass is 79.9. The molecule has 0 fully saturated rings. The molecule has 0 bridgehead atoms. The third-order valence-corrected chi connectivity index (χ3v) is 4.73. The Hall–Kier alpha value is -2.87. The average Bonchev–Trinajstić information content (AvgIpc) is 3.25. The summed E-state index contributed by atoms with van der Waals surface area (Å²) in [6, 6.07) is 11.2. The van der Waals surface area contributed by atoms with Crippen LogP contribution in [0.15, 0.2) is 53.3 Å². The zero-order chi connectivity index (χ0) is 19.4. The lowest BCUT2D eigenvalue weighted by atomic mass is 10.2. The van der Waals surface area contributed by atoms with Gasteiger partial charge in [0.25, 0.3) is 11.8 Å². The molecule has 2 N–H and O–H groups in total. The Morgan fingerprint density at radius 3 is 2.37 bits per heavy atom. The lowest BCUT2D eigenvalue weighted by molar-refractivity contribution is 0.0923. The van der Waals surface area contributed by atoms with Gasteiger partial charge in [-0.3, -0.25) is 9.59 Å². The number of benzene rings is 1. The molecule has 140 valence electrons. The summed E-state index contributed by atoms with van der Waals surface area (Å²) < 4.78 is 4.44. The van der Waals surface area contributed by atoms with Gasteiger partial charge in [-0.15, -0.1) is 0 Å². The van der Waals surface area contributed by atoms with E-state index in [1.165, 1.54) is 0 Å². The Kier molecular flexibility index (Phi) is 5.75. The van der Waals surface area contributed by atoms with Crippen LogP contribution in [0.25, 0.3) is 5.69 Å². The summed E-state index contributed by atoms with van der Waals surface area (Å²) in [5.41, 5.74) is 2.71. The highest BCUT2D eigenvalue weighted by Crippen LogP contribution is 2.17. The minimum absolute atomic E-state index is 0.170. The number of halogens is 1. The molecule has 0 unspecified atom stereocenters. The standard InChI is InChI=1S/C19H20BrN5O2/c1-13-16(12-23-25(13)15-7-5-14(20)6-8-15)18(26)21-9-10-22-19(27)17-4-3-11-24(17)2/h3-8,11-12H,9-10H2,1-2H3,(H,21,26)(H,22,27). The lowest BCUT2D eigenvalue weighted by Gasteiger charge is -2.08. The number of carbonyl (C=O) groups is 2. The summed E-state index contributed by atoms with van der Waals surface area (Å²) in [7, 11) is 1.81. The van der Waals surface area contributed by atoms with Crippen LogP contribution in [-0.4, -0.2) is 39.3 Å². The Bertz CT molecular complexity index is 959. The molecule has 0 radical (unpaired) electrons. The highest BCUT2D eigenvalue weighted by Gasteiger charge is 2.15. The molecule has 1 aromatic carbocycles. The molecular weight excluding hydrogens is 410 g/mol. The summed E-state index contributed by atoms with van der Waals surface area (Å²) in [5, 5.41) is 9.90. The molecule has 0 saturated carbocycles. The van der Waals surface area contributed by atoms with Gasteiger partial charge in [-0.2, -0.15) is 5.10 Å². The molecule has 0 spiro atoms. The Morgan fingerprint density at radius 2 is 1.74 bits per heavy atom. The van der Waals surface area contributed by atoms with Crippen LogP contribution in [0.3, 0.4) is 0 Å². The predicted octanol–water partition coefficient (Wildman–Crippen LogP) is 2.44. The summed E-state index contributed by atoms with van der Waals surface area (Å²) in [5.74, 6) is -0.389. The first-order valence-corrected chi connectivity index (χ1v) is 9.25. The molecule has 27 heavy (non-hydrogen) atoms. The van der Waals surface area contributed by atoms with Crippen LogP contribution >= 0.6 is 15.9 Å². The van der Waals surface area contributed by atoms with E-state index >= 15 is 0 Å². The van der Waals surface area contributed by atoms with Crippen molar-refractivity contribution in [2.24, 2.45) is 7.05 Å². The molecule has 0 aliphatic rings. The molecule has 8 heteroatoms. The normalized spacial score (nSPS) is 10.6. The molecule has 2 heterocycles. The van der Waals surface area contributed by atoms with Crippen LogP contribution in [-0.2, 0) is 7.05 Å². The Morgan fingerprint density at radius 1 is 1.07 bits per heavy atom. The smallest absolute Gasteiger partial charge is 0.267 e. The number of nitrogens with one attached hydrogen (secondary N) is 2. The van der Waals surface area contributed by atoms with Crippen molar-refractivity contribution in [2.45, 2.75) is 6.92 Å². The summed E-state index contributed by atoms with van der Waals surface area (Å²) in [6.45, 7) is 2.52. The molecule has 3 aromatic rings. The molecule has 0 atom stereocenters.